The maximum Gasteiger partial charge on any atom is 0.260 e. The Kier molecular flexibility index (Phi) is 5.61. The van der Waals surface area contributed by atoms with Crippen LogP contribution in [0.1, 0.15) is 24.8 Å². The molecule has 2 rings (SSSR count). The van der Waals surface area contributed by atoms with E-state index in [2.05, 4.69) is 6.58 Å². The van der Waals surface area contributed by atoms with Gasteiger partial charge in [-0.1, -0.05) is 24.3 Å². The zero-order chi connectivity index (χ0) is 16.0. The molecule has 1 aromatic rings. The first-order valence-corrected chi connectivity index (χ1v) is 7.78. The van der Waals surface area contributed by atoms with Crippen molar-refractivity contribution < 1.29 is 14.6 Å². The van der Waals surface area contributed by atoms with Crippen molar-refractivity contribution in [3.8, 4) is 5.75 Å². The van der Waals surface area contributed by atoms with E-state index in [-0.39, 0.29) is 24.5 Å². The standard InChI is InChI=1S/C18H25NO3/c1-3-9-18(14-20)10-6-11-19(13-18)17(21)12-22-16-8-5-4-7-15(16)2/h3-5,7-8,20H,1,6,9-14H2,2H3/t18-/m1/s1. The van der Waals surface area contributed by atoms with Gasteiger partial charge in [0, 0.05) is 18.5 Å². The van der Waals surface area contributed by atoms with Crippen molar-refractivity contribution >= 4 is 5.91 Å². The summed E-state index contributed by atoms with van der Waals surface area (Å²) in [7, 11) is 0. The molecular weight excluding hydrogens is 278 g/mol. The maximum absolute atomic E-state index is 12.4. The predicted octanol–water partition coefficient (Wildman–Crippen LogP) is 2.55. The third kappa shape index (κ3) is 3.89. The van der Waals surface area contributed by atoms with E-state index >= 15 is 0 Å². The first-order valence-electron chi connectivity index (χ1n) is 7.78. The second-order valence-corrected chi connectivity index (χ2v) is 6.12. The summed E-state index contributed by atoms with van der Waals surface area (Å²) in [6, 6.07) is 7.67. The summed E-state index contributed by atoms with van der Waals surface area (Å²) in [6.07, 6.45) is 4.39. The first-order chi connectivity index (χ1) is 10.6. The summed E-state index contributed by atoms with van der Waals surface area (Å²) < 4.78 is 5.64. The monoisotopic (exact) mass is 303 g/mol. The molecule has 1 amide bonds. The quantitative estimate of drug-likeness (QED) is 0.822. The predicted molar refractivity (Wildman–Crippen MR) is 86.8 cm³/mol. The van der Waals surface area contributed by atoms with Crippen LogP contribution in [0.2, 0.25) is 0 Å². The lowest BCUT2D eigenvalue weighted by Gasteiger charge is -2.41. The molecule has 22 heavy (non-hydrogen) atoms. The zero-order valence-corrected chi connectivity index (χ0v) is 13.3. The highest BCUT2D eigenvalue weighted by atomic mass is 16.5. The van der Waals surface area contributed by atoms with E-state index in [1.807, 2.05) is 42.2 Å². The van der Waals surface area contributed by atoms with E-state index in [0.717, 1.165) is 37.1 Å². The molecule has 1 fully saturated rings. The summed E-state index contributed by atoms with van der Waals surface area (Å²) in [5, 5.41) is 9.70. The van der Waals surface area contributed by atoms with Crippen LogP contribution in [0, 0.1) is 12.3 Å². The lowest BCUT2D eigenvalue weighted by molar-refractivity contribution is -0.137. The van der Waals surface area contributed by atoms with Crippen LogP contribution in [-0.2, 0) is 4.79 Å². The van der Waals surface area contributed by atoms with Gasteiger partial charge in [0.1, 0.15) is 5.75 Å². The molecule has 0 saturated carbocycles. The lowest BCUT2D eigenvalue weighted by atomic mass is 9.78. The molecule has 1 aliphatic heterocycles. The first kappa shape index (κ1) is 16.6. The topological polar surface area (TPSA) is 49.8 Å². The van der Waals surface area contributed by atoms with Crippen LogP contribution in [0.15, 0.2) is 36.9 Å². The molecule has 1 atom stereocenters. The number of benzene rings is 1. The second kappa shape index (κ2) is 7.45. The van der Waals surface area contributed by atoms with Gasteiger partial charge in [0.2, 0.25) is 0 Å². The van der Waals surface area contributed by atoms with Gasteiger partial charge in [0.05, 0.1) is 6.61 Å². The fourth-order valence-corrected chi connectivity index (χ4v) is 3.04. The van der Waals surface area contributed by atoms with Crippen molar-refractivity contribution in [1.82, 2.24) is 4.90 Å². The number of rotatable bonds is 6. The number of likely N-dealkylation sites (tertiary alicyclic amines) is 1. The van der Waals surface area contributed by atoms with E-state index in [9.17, 15) is 9.90 Å². The molecule has 4 nitrogen and oxygen atoms in total. The number of carbonyl (C=O) groups excluding carboxylic acids is 1. The summed E-state index contributed by atoms with van der Waals surface area (Å²) in [4.78, 5) is 14.2. The summed E-state index contributed by atoms with van der Waals surface area (Å²) in [6.45, 7) is 7.16. The minimum absolute atomic E-state index is 0.0233. The summed E-state index contributed by atoms with van der Waals surface area (Å²) >= 11 is 0. The van der Waals surface area contributed by atoms with Gasteiger partial charge in [0.15, 0.2) is 6.61 Å². The Labute approximate surface area is 132 Å². The number of hydrogen-bond acceptors (Lipinski definition) is 3. The Hall–Kier alpha value is -1.81. The van der Waals surface area contributed by atoms with Crippen LogP contribution in [0.4, 0.5) is 0 Å². The summed E-state index contributed by atoms with van der Waals surface area (Å²) in [5.41, 5.74) is 0.781. The molecule has 0 unspecified atom stereocenters. The van der Waals surface area contributed by atoms with Gasteiger partial charge in [-0.3, -0.25) is 4.79 Å². The number of hydrogen-bond donors (Lipinski definition) is 1. The van der Waals surface area contributed by atoms with E-state index in [1.54, 1.807) is 0 Å². The molecule has 0 aromatic heterocycles. The molecule has 1 heterocycles. The van der Waals surface area contributed by atoms with Gasteiger partial charge in [-0.2, -0.15) is 0 Å². The number of ether oxygens (including phenoxy) is 1. The van der Waals surface area contributed by atoms with E-state index in [1.165, 1.54) is 0 Å². The molecule has 1 aromatic carbocycles. The van der Waals surface area contributed by atoms with Crippen molar-refractivity contribution in [2.75, 3.05) is 26.3 Å². The highest BCUT2D eigenvalue weighted by Gasteiger charge is 2.35. The molecule has 1 saturated heterocycles. The highest BCUT2D eigenvalue weighted by Crippen LogP contribution is 2.33. The van der Waals surface area contributed by atoms with E-state index < -0.39 is 0 Å². The molecule has 4 heteroatoms. The second-order valence-electron chi connectivity index (χ2n) is 6.12. The van der Waals surface area contributed by atoms with E-state index in [0.29, 0.717) is 6.54 Å². The fraction of sp³-hybridized carbons (Fsp3) is 0.500. The van der Waals surface area contributed by atoms with Crippen LogP contribution in [0.5, 0.6) is 5.75 Å². The molecule has 1 aliphatic rings. The van der Waals surface area contributed by atoms with Crippen LogP contribution in [0.25, 0.3) is 0 Å². The summed E-state index contributed by atoms with van der Waals surface area (Å²) in [5.74, 6) is 0.720. The van der Waals surface area contributed by atoms with Crippen molar-refractivity contribution in [1.29, 1.82) is 0 Å². The van der Waals surface area contributed by atoms with Crippen molar-refractivity contribution in [2.24, 2.45) is 5.41 Å². The number of para-hydroxylation sites is 1. The maximum atomic E-state index is 12.4. The fourth-order valence-electron chi connectivity index (χ4n) is 3.04. The molecule has 0 radical (unpaired) electrons. The number of carbonyl (C=O) groups is 1. The molecular formula is C18H25NO3. The van der Waals surface area contributed by atoms with E-state index in [4.69, 9.17) is 4.74 Å². The highest BCUT2D eigenvalue weighted by molar-refractivity contribution is 5.78. The third-order valence-electron chi connectivity index (χ3n) is 4.37. The van der Waals surface area contributed by atoms with Crippen LogP contribution >= 0.6 is 0 Å². The lowest BCUT2D eigenvalue weighted by Crippen LogP contribution is -2.49. The van der Waals surface area contributed by atoms with Gasteiger partial charge in [-0.05, 0) is 37.8 Å². The number of aryl methyl sites for hydroxylation is 1. The Morgan fingerprint density at radius 1 is 1.50 bits per heavy atom. The van der Waals surface area contributed by atoms with Crippen LogP contribution in [-0.4, -0.2) is 42.2 Å². The number of piperidine rings is 1. The normalized spacial score (nSPS) is 21.5. The Balaban J connectivity index is 1.94. The molecule has 1 N–H and O–H groups in total. The third-order valence-corrected chi connectivity index (χ3v) is 4.37. The van der Waals surface area contributed by atoms with Gasteiger partial charge in [0.25, 0.3) is 5.91 Å². The minimum atomic E-state index is -0.238. The Bertz CT molecular complexity index is 529. The van der Waals surface area contributed by atoms with Crippen LogP contribution in [0.3, 0.4) is 0 Å². The van der Waals surface area contributed by atoms with Crippen molar-refractivity contribution in [2.45, 2.75) is 26.2 Å². The average molecular weight is 303 g/mol. The minimum Gasteiger partial charge on any atom is -0.484 e. The van der Waals surface area contributed by atoms with Crippen molar-refractivity contribution in [3.63, 3.8) is 0 Å². The zero-order valence-electron chi connectivity index (χ0n) is 13.3. The Morgan fingerprint density at radius 2 is 2.27 bits per heavy atom. The van der Waals surface area contributed by atoms with Gasteiger partial charge in [-0.25, -0.2) is 0 Å². The smallest absolute Gasteiger partial charge is 0.260 e. The Morgan fingerprint density at radius 3 is 2.95 bits per heavy atom. The van der Waals surface area contributed by atoms with Gasteiger partial charge in [-0.15, -0.1) is 6.58 Å². The molecule has 120 valence electrons. The number of aliphatic hydroxyl groups is 1. The van der Waals surface area contributed by atoms with Gasteiger partial charge >= 0.3 is 0 Å². The van der Waals surface area contributed by atoms with Crippen LogP contribution < -0.4 is 4.74 Å². The molecule has 0 aliphatic carbocycles. The largest absolute Gasteiger partial charge is 0.484 e. The average Bonchev–Trinajstić information content (AvgIpc) is 2.54. The number of aliphatic hydroxyl groups excluding tert-OH is 1. The number of nitrogens with zero attached hydrogens (tertiary/aromatic N) is 1. The number of amides is 1. The molecule has 0 spiro atoms. The number of allylic oxidation sites excluding steroid dienone is 1. The molecule has 0 bridgehead atoms. The van der Waals surface area contributed by atoms with Gasteiger partial charge < -0.3 is 14.7 Å². The SMILES string of the molecule is C=CC[C@@]1(CO)CCCN(C(=O)COc2ccccc2C)C1. The van der Waals surface area contributed by atoms with Crippen molar-refractivity contribution in [3.05, 3.63) is 42.5 Å².